The smallest absolute Gasteiger partial charge is 0.309 e. The van der Waals surface area contributed by atoms with Gasteiger partial charge >= 0.3 is 5.97 Å². The van der Waals surface area contributed by atoms with Crippen LogP contribution in [0.1, 0.15) is 42.5 Å². The number of amides is 2. The van der Waals surface area contributed by atoms with Gasteiger partial charge in [0.2, 0.25) is 0 Å². The molecule has 6 nitrogen and oxygen atoms in total. The summed E-state index contributed by atoms with van der Waals surface area (Å²) in [6.45, 7) is -0.306. The monoisotopic (exact) mass is 318 g/mol. The van der Waals surface area contributed by atoms with E-state index >= 15 is 0 Å². The van der Waals surface area contributed by atoms with E-state index in [4.69, 9.17) is 4.74 Å². The zero-order chi connectivity index (χ0) is 16.7. The maximum Gasteiger partial charge on any atom is 0.309 e. The predicted molar refractivity (Wildman–Crippen MR) is 86.0 cm³/mol. The third-order valence-electron chi connectivity index (χ3n) is 3.92. The molecule has 0 atom stereocenters. The van der Waals surface area contributed by atoms with E-state index in [-0.39, 0.29) is 24.4 Å². The van der Waals surface area contributed by atoms with Gasteiger partial charge in [0.25, 0.3) is 11.8 Å². The zero-order valence-corrected chi connectivity index (χ0v) is 13.3. The molecule has 0 unspecified atom stereocenters. The number of rotatable bonds is 5. The molecule has 124 valence electrons. The average molecular weight is 318 g/mol. The number of carbonyl (C=O) groups is 3. The van der Waals surface area contributed by atoms with Crippen LogP contribution in [0.5, 0.6) is 0 Å². The molecule has 1 fully saturated rings. The summed E-state index contributed by atoms with van der Waals surface area (Å²) in [5.74, 6) is -1.01. The van der Waals surface area contributed by atoms with Gasteiger partial charge in [0.1, 0.15) is 0 Å². The van der Waals surface area contributed by atoms with Gasteiger partial charge in [-0.3, -0.25) is 14.4 Å². The van der Waals surface area contributed by atoms with Crippen LogP contribution in [0.2, 0.25) is 0 Å². The third kappa shape index (κ3) is 5.09. The summed E-state index contributed by atoms with van der Waals surface area (Å²) in [5.41, 5.74) is 0.939. The first-order valence-corrected chi connectivity index (χ1v) is 7.89. The molecule has 2 amide bonds. The molecule has 0 radical (unpaired) electrons. The molecule has 2 N–H and O–H groups in total. The Morgan fingerprint density at radius 3 is 2.61 bits per heavy atom. The minimum absolute atomic E-state index is 0.0758. The highest BCUT2D eigenvalue weighted by Crippen LogP contribution is 2.24. The summed E-state index contributed by atoms with van der Waals surface area (Å²) >= 11 is 0. The fraction of sp³-hybridized carbons (Fsp3) is 0.471. The van der Waals surface area contributed by atoms with E-state index in [9.17, 15) is 14.4 Å². The standard InChI is InChI=1S/C17H22N2O4/c1-18-16(21)13-8-5-9-14(10-13)19-15(20)11-23-17(22)12-6-3-2-4-7-12/h5,8-10,12H,2-4,6-7,11H2,1H3,(H,18,21)(H,19,20). The Bertz CT molecular complexity index is 580. The maximum absolute atomic E-state index is 11.9. The molecule has 1 saturated carbocycles. The quantitative estimate of drug-likeness (QED) is 0.814. The average Bonchev–Trinajstić information content (AvgIpc) is 2.60. The molecule has 0 aliphatic heterocycles. The highest BCUT2D eigenvalue weighted by atomic mass is 16.5. The Kier molecular flexibility index (Phi) is 6.14. The summed E-state index contributed by atoms with van der Waals surface area (Å²) in [4.78, 5) is 35.3. The van der Waals surface area contributed by atoms with Crippen molar-refractivity contribution in [1.82, 2.24) is 5.32 Å². The van der Waals surface area contributed by atoms with Crippen molar-refractivity contribution in [3.63, 3.8) is 0 Å². The van der Waals surface area contributed by atoms with Crippen LogP contribution in [-0.4, -0.2) is 31.4 Å². The second-order valence-corrected chi connectivity index (χ2v) is 5.65. The number of hydrogen-bond donors (Lipinski definition) is 2. The van der Waals surface area contributed by atoms with E-state index in [2.05, 4.69) is 10.6 Å². The number of ether oxygens (including phenoxy) is 1. The van der Waals surface area contributed by atoms with Crippen molar-refractivity contribution < 1.29 is 19.1 Å². The Hall–Kier alpha value is -2.37. The van der Waals surface area contributed by atoms with Gasteiger partial charge in [-0.1, -0.05) is 25.3 Å². The summed E-state index contributed by atoms with van der Waals surface area (Å²) in [6, 6.07) is 6.57. The van der Waals surface area contributed by atoms with Gasteiger partial charge < -0.3 is 15.4 Å². The topological polar surface area (TPSA) is 84.5 Å². The predicted octanol–water partition coefficient (Wildman–Crippen LogP) is 2.11. The first-order chi connectivity index (χ1) is 11.1. The number of esters is 1. The Labute approximate surface area is 135 Å². The van der Waals surface area contributed by atoms with E-state index in [1.165, 1.54) is 7.05 Å². The lowest BCUT2D eigenvalue weighted by Crippen LogP contribution is -2.26. The SMILES string of the molecule is CNC(=O)c1cccc(NC(=O)COC(=O)C2CCCCC2)c1. The summed E-state index contributed by atoms with van der Waals surface area (Å²) in [6.07, 6.45) is 4.92. The van der Waals surface area contributed by atoms with Crippen molar-refractivity contribution in [2.45, 2.75) is 32.1 Å². The number of nitrogens with one attached hydrogen (secondary N) is 2. The zero-order valence-electron chi connectivity index (χ0n) is 13.3. The van der Waals surface area contributed by atoms with Crippen molar-refractivity contribution in [2.24, 2.45) is 5.92 Å². The molecule has 6 heteroatoms. The van der Waals surface area contributed by atoms with Crippen LogP contribution in [0.25, 0.3) is 0 Å². The van der Waals surface area contributed by atoms with Crippen LogP contribution in [0, 0.1) is 5.92 Å². The molecule has 1 aliphatic rings. The van der Waals surface area contributed by atoms with Crippen LogP contribution in [0.3, 0.4) is 0 Å². The molecular formula is C17H22N2O4. The van der Waals surface area contributed by atoms with Crippen LogP contribution in [-0.2, 0) is 14.3 Å². The summed E-state index contributed by atoms with van der Waals surface area (Å²) < 4.78 is 5.08. The maximum atomic E-state index is 11.9. The lowest BCUT2D eigenvalue weighted by molar-refractivity contribution is -0.152. The van der Waals surface area contributed by atoms with E-state index < -0.39 is 5.91 Å². The van der Waals surface area contributed by atoms with Crippen molar-refractivity contribution in [3.8, 4) is 0 Å². The molecule has 0 aromatic heterocycles. The van der Waals surface area contributed by atoms with Gasteiger partial charge in [0, 0.05) is 18.3 Å². The first kappa shape index (κ1) is 17.0. The fourth-order valence-corrected chi connectivity index (χ4v) is 2.67. The highest BCUT2D eigenvalue weighted by molar-refractivity contribution is 5.97. The first-order valence-electron chi connectivity index (χ1n) is 7.89. The lowest BCUT2D eigenvalue weighted by atomic mass is 9.89. The second-order valence-electron chi connectivity index (χ2n) is 5.65. The van der Waals surface area contributed by atoms with Gasteiger partial charge in [-0.05, 0) is 31.0 Å². The summed E-state index contributed by atoms with van der Waals surface area (Å²) in [5, 5.41) is 5.14. The summed E-state index contributed by atoms with van der Waals surface area (Å²) in [7, 11) is 1.54. The minimum Gasteiger partial charge on any atom is -0.455 e. The van der Waals surface area contributed by atoms with Crippen molar-refractivity contribution in [2.75, 3.05) is 19.0 Å². The molecule has 0 bridgehead atoms. The van der Waals surface area contributed by atoms with E-state index in [0.29, 0.717) is 11.3 Å². The molecular weight excluding hydrogens is 296 g/mol. The molecule has 2 rings (SSSR count). The van der Waals surface area contributed by atoms with Gasteiger partial charge in [0.15, 0.2) is 6.61 Å². The number of anilines is 1. The van der Waals surface area contributed by atoms with Gasteiger partial charge in [-0.15, -0.1) is 0 Å². The fourth-order valence-electron chi connectivity index (χ4n) is 2.67. The molecule has 23 heavy (non-hydrogen) atoms. The van der Waals surface area contributed by atoms with Crippen LogP contribution in [0.15, 0.2) is 24.3 Å². The Balaban J connectivity index is 1.82. The Morgan fingerprint density at radius 2 is 1.91 bits per heavy atom. The molecule has 1 aromatic carbocycles. The minimum atomic E-state index is -0.414. The van der Waals surface area contributed by atoms with Crippen molar-refractivity contribution >= 4 is 23.5 Å². The molecule has 0 saturated heterocycles. The molecule has 0 heterocycles. The normalized spacial score (nSPS) is 14.8. The number of benzene rings is 1. The number of hydrogen-bond acceptors (Lipinski definition) is 4. The van der Waals surface area contributed by atoms with Gasteiger partial charge in [-0.2, -0.15) is 0 Å². The molecule has 1 aliphatic carbocycles. The third-order valence-corrected chi connectivity index (χ3v) is 3.92. The van der Waals surface area contributed by atoms with Gasteiger partial charge in [0.05, 0.1) is 5.92 Å². The highest BCUT2D eigenvalue weighted by Gasteiger charge is 2.23. The van der Waals surface area contributed by atoms with Crippen molar-refractivity contribution in [1.29, 1.82) is 0 Å². The molecule has 0 spiro atoms. The van der Waals surface area contributed by atoms with Crippen LogP contribution < -0.4 is 10.6 Å². The van der Waals surface area contributed by atoms with Crippen LogP contribution in [0.4, 0.5) is 5.69 Å². The Morgan fingerprint density at radius 1 is 1.17 bits per heavy atom. The lowest BCUT2D eigenvalue weighted by Gasteiger charge is -2.19. The van der Waals surface area contributed by atoms with Crippen molar-refractivity contribution in [3.05, 3.63) is 29.8 Å². The second kappa shape index (κ2) is 8.31. The largest absolute Gasteiger partial charge is 0.455 e. The molecule has 1 aromatic rings. The van der Waals surface area contributed by atoms with E-state index in [1.54, 1.807) is 24.3 Å². The van der Waals surface area contributed by atoms with Gasteiger partial charge in [-0.25, -0.2) is 0 Å². The van der Waals surface area contributed by atoms with E-state index in [1.807, 2.05) is 0 Å². The number of carbonyl (C=O) groups excluding carboxylic acids is 3. The van der Waals surface area contributed by atoms with E-state index in [0.717, 1.165) is 32.1 Å². The van der Waals surface area contributed by atoms with Crippen LogP contribution >= 0.6 is 0 Å².